The van der Waals surface area contributed by atoms with Crippen LogP contribution in [0.25, 0.3) is 0 Å². The molecule has 1 aliphatic rings. The maximum absolute atomic E-state index is 12.0. The Morgan fingerprint density at radius 1 is 1.59 bits per heavy atom. The van der Waals surface area contributed by atoms with Gasteiger partial charge in [0.2, 0.25) is 5.76 Å². The first-order valence-electron chi connectivity index (χ1n) is 5.13. The third kappa shape index (κ3) is 2.28. The Balaban J connectivity index is 2.10. The highest BCUT2D eigenvalue weighted by molar-refractivity contribution is 5.92. The van der Waals surface area contributed by atoms with Crippen LogP contribution in [0.5, 0.6) is 0 Å². The molecule has 1 atom stereocenters. The molecule has 0 saturated carbocycles. The summed E-state index contributed by atoms with van der Waals surface area (Å²) in [5.41, 5.74) is 0.494. The number of nitrogens with zero attached hydrogens (tertiary/aromatic N) is 2. The molecule has 1 fully saturated rings. The highest BCUT2D eigenvalue weighted by Gasteiger charge is 2.31. The lowest BCUT2D eigenvalue weighted by atomic mass is 10.2. The zero-order valence-electron chi connectivity index (χ0n) is 9.25. The Labute approximate surface area is 97.0 Å². The zero-order valence-corrected chi connectivity index (χ0v) is 9.25. The van der Waals surface area contributed by atoms with Crippen molar-refractivity contribution >= 4 is 11.9 Å². The van der Waals surface area contributed by atoms with Gasteiger partial charge in [-0.15, -0.1) is 0 Å². The number of aromatic nitrogens is 1. The third-order valence-corrected chi connectivity index (χ3v) is 2.57. The lowest BCUT2D eigenvalue weighted by Gasteiger charge is -2.30. The van der Waals surface area contributed by atoms with Crippen molar-refractivity contribution in [2.24, 2.45) is 0 Å². The van der Waals surface area contributed by atoms with Gasteiger partial charge in [0, 0.05) is 6.54 Å². The van der Waals surface area contributed by atoms with Gasteiger partial charge < -0.3 is 19.2 Å². The second kappa shape index (κ2) is 4.54. The summed E-state index contributed by atoms with van der Waals surface area (Å²) < 4.78 is 10.0. The third-order valence-electron chi connectivity index (χ3n) is 2.57. The molecule has 1 N–H and O–H groups in total. The van der Waals surface area contributed by atoms with Gasteiger partial charge in [-0.25, -0.2) is 9.78 Å². The fourth-order valence-corrected chi connectivity index (χ4v) is 1.63. The highest BCUT2D eigenvalue weighted by atomic mass is 16.5. The molecule has 92 valence electrons. The standard InChI is InChI=1S/C10H12N2O5/c1-6-8(17-5-11-6)9(13)12-2-3-16-7(4-12)10(14)15/h5,7H,2-4H2,1H3,(H,14,15). The summed E-state index contributed by atoms with van der Waals surface area (Å²) >= 11 is 0. The minimum absolute atomic E-state index is 0.0221. The van der Waals surface area contributed by atoms with Crippen molar-refractivity contribution < 1.29 is 23.8 Å². The first-order chi connectivity index (χ1) is 8.09. The molecule has 1 saturated heterocycles. The Morgan fingerprint density at radius 2 is 2.35 bits per heavy atom. The Morgan fingerprint density at radius 3 is 2.94 bits per heavy atom. The van der Waals surface area contributed by atoms with Crippen molar-refractivity contribution in [3.63, 3.8) is 0 Å². The number of oxazole rings is 1. The summed E-state index contributed by atoms with van der Waals surface area (Å²) in [7, 11) is 0. The summed E-state index contributed by atoms with van der Waals surface area (Å²) in [6.45, 7) is 2.23. The number of aliphatic carboxylic acids is 1. The molecule has 0 radical (unpaired) electrons. The lowest BCUT2D eigenvalue weighted by molar-refractivity contribution is -0.154. The smallest absolute Gasteiger partial charge is 0.334 e. The number of hydrogen-bond acceptors (Lipinski definition) is 5. The Hall–Kier alpha value is -1.89. The number of hydrogen-bond donors (Lipinski definition) is 1. The van der Waals surface area contributed by atoms with Crippen LogP contribution in [0.1, 0.15) is 16.2 Å². The number of rotatable bonds is 2. The van der Waals surface area contributed by atoms with Crippen LogP contribution >= 0.6 is 0 Å². The average molecular weight is 240 g/mol. The molecule has 7 heteroatoms. The van der Waals surface area contributed by atoms with Gasteiger partial charge >= 0.3 is 5.97 Å². The predicted molar refractivity (Wildman–Crippen MR) is 54.5 cm³/mol. The van der Waals surface area contributed by atoms with E-state index in [9.17, 15) is 9.59 Å². The quantitative estimate of drug-likeness (QED) is 0.776. The van der Waals surface area contributed by atoms with Gasteiger partial charge in [-0.3, -0.25) is 4.79 Å². The molecule has 1 aromatic rings. The normalized spacial score (nSPS) is 20.3. The Bertz CT molecular complexity index is 442. The van der Waals surface area contributed by atoms with Crippen LogP contribution in [0.4, 0.5) is 0 Å². The SMILES string of the molecule is Cc1ncoc1C(=O)N1CCOC(C(=O)O)C1. The number of carbonyl (C=O) groups is 2. The molecule has 1 unspecified atom stereocenters. The lowest BCUT2D eigenvalue weighted by Crippen LogP contribution is -2.48. The second-order valence-corrected chi connectivity index (χ2v) is 3.72. The number of carboxylic acid groups (broad SMARTS) is 1. The van der Waals surface area contributed by atoms with Crippen molar-refractivity contribution in [3.8, 4) is 0 Å². The van der Waals surface area contributed by atoms with E-state index in [0.717, 1.165) is 0 Å². The highest BCUT2D eigenvalue weighted by Crippen LogP contribution is 2.13. The molecule has 1 aromatic heterocycles. The molecule has 17 heavy (non-hydrogen) atoms. The van der Waals surface area contributed by atoms with Crippen molar-refractivity contribution in [1.82, 2.24) is 9.88 Å². The van der Waals surface area contributed by atoms with E-state index < -0.39 is 12.1 Å². The summed E-state index contributed by atoms with van der Waals surface area (Å²) in [5.74, 6) is -1.28. The molecule has 0 spiro atoms. The number of morpholine rings is 1. The largest absolute Gasteiger partial charge is 0.479 e. The number of ether oxygens (including phenoxy) is 1. The number of carboxylic acids is 1. The van der Waals surface area contributed by atoms with Gasteiger partial charge in [0.15, 0.2) is 12.5 Å². The minimum Gasteiger partial charge on any atom is -0.479 e. The van der Waals surface area contributed by atoms with E-state index in [-0.39, 0.29) is 24.8 Å². The van der Waals surface area contributed by atoms with E-state index >= 15 is 0 Å². The van der Waals surface area contributed by atoms with E-state index in [0.29, 0.717) is 12.2 Å². The number of aryl methyl sites for hydroxylation is 1. The van der Waals surface area contributed by atoms with Crippen LogP contribution in [0.3, 0.4) is 0 Å². The van der Waals surface area contributed by atoms with Crippen LogP contribution in [0.15, 0.2) is 10.8 Å². The summed E-state index contributed by atoms with van der Waals surface area (Å²) in [6, 6.07) is 0. The molecule has 0 aromatic carbocycles. The number of carbonyl (C=O) groups excluding carboxylic acids is 1. The molecule has 1 aliphatic heterocycles. The molecule has 1 amide bonds. The zero-order chi connectivity index (χ0) is 12.4. The van der Waals surface area contributed by atoms with Gasteiger partial charge in [0.25, 0.3) is 5.91 Å². The van der Waals surface area contributed by atoms with Gasteiger partial charge in [0.1, 0.15) is 0 Å². The molecular weight excluding hydrogens is 228 g/mol. The summed E-state index contributed by atoms with van der Waals surface area (Å²) in [4.78, 5) is 28.0. The van der Waals surface area contributed by atoms with Crippen molar-refractivity contribution in [2.75, 3.05) is 19.7 Å². The first-order valence-corrected chi connectivity index (χ1v) is 5.13. The van der Waals surface area contributed by atoms with Gasteiger partial charge in [-0.05, 0) is 6.92 Å². The summed E-state index contributed by atoms with van der Waals surface area (Å²) in [6.07, 6.45) is 0.216. The van der Waals surface area contributed by atoms with Gasteiger partial charge in [-0.2, -0.15) is 0 Å². The van der Waals surface area contributed by atoms with Crippen LogP contribution in [-0.4, -0.2) is 52.7 Å². The minimum atomic E-state index is -1.07. The van der Waals surface area contributed by atoms with Crippen LogP contribution in [-0.2, 0) is 9.53 Å². The van der Waals surface area contributed by atoms with E-state index in [1.165, 1.54) is 11.3 Å². The number of amides is 1. The maximum atomic E-state index is 12.0. The first kappa shape index (κ1) is 11.6. The average Bonchev–Trinajstić information content (AvgIpc) is 2.74. The van der Waals surface area contributed by atoms with Crippen molar-refractivity contribution in [1.29, 1.82) is 0 Å². The van der Waals surface area contributed by atoms with E-state index in [1.54, 1.807) is 6.92 Å². The molecule has 2 heterocycles. The van der Waals surface area contributed by atoms with E-state index in [2.05, 4.69) is 4.98 Å². The monoisotopic (exact) mass is 240 g/mol. The van der Waals surface area contributed by atoms with Crippen LogP contribution in [0, 0.1) is 6.92 Å². The molecule has 7 nitrogen and oxygen atoms in total. The second-order valence-electron chi connectivity index (χ2n) is 3.72. The molecular formula is C10H12N2O5. The fraction of sp³-hybridized carbons (Fsp3) is 0.500. The summed E-state index contributed by atoms with van der Waals surface area (Å²) in [5, 5.41) is 8.82. The van der Waals surface area contributed by atoms with Crippen LogP contribution in [0.2, 0.25) is 0 Å². The molecule has 2 rings (SSSR count). The van der Waals surface area contributed by atoms with Gasteiger partial charge in [-0.1, -0.05) is 0 Å². The van der Waals surface area contributed by atoms with E-state index in [1.807, 2.05) is 0 Å². The molecule has 0 aliphatic carbocycles. The van der Waals surface area contributed by atoms with Crippen molar-refractivity contribution in [3.05, 3.63) is 17.8 Å². The Kier molecular flexibility index (Phi) is 3.10. The van der Waals surface area contributed by atoms with E-state index in [4.69, 9.17) is 14.3 Å². The van der Waals surface area contributed by atoms with Crippen LogP contribution < -0.4 is 0 Å². The topological polar surface area (TPSA) is 92.9 Å². The fourth-order valence-electron chi connectivity index (χ4n) is 1.63. The van der Waals surface area contributed by atoms with Gasteiger partial charge in [0.05, 0.1) is 18.8 Å². The maximum Gasteiger partial charge on any atom is 0.334 e. The predicted octanol–water partition coefficient (Wildman–Crippen LogP) is -0.0914. The van der Waals surface area contributed by atoms with Crippen molar-refractivity contribution in [2.45, 2.75) is 13.0 Å². The molecule has 0 bridgehead atoms.